The molecule has 10 nitrogen and oxygen atoms in total. The predicted molar refractivity (Wildman–Crippen MR) is 143 cm³/mol. The second-order valence-corrected chi connectivity index (χ2v) is 9.93. The second-order valence-electron chi connectivity index (χ2n) is 7.62. The Morgan fingerprint density at radius 3 is 2.35 bits per heavy atom. The van der Waals surface area contributed by atoms with Gasteiger partial charge in [-0.05, 0) is 54.1 Å². The summed E-state index contributed by atoms with van der Waals surface area (Å²) in [5.74, 6) is -0.237. The average molecular weight is 545 g/mol. The van der Waals surface area contributed by atoms with Gasteiger partial charge in [0.25, 0.3) is 11.8 Å². The lowest BCUT2D eigenvalue weighted by Crippen LogP contribution is -2.39. The first-order valence-electron chi connectivity index (χ1n) is 10.9. The smallest absolute Gasteiger partial charge is 0.262 e. The molecule has 0 aliphatic carbocycles. The van der Waals surface area contributed by atoms with Gasteiger partial charge in [-0.3, -0.25) is 13.9 Å². The fourth-order valence-electron chi connectivity index (χ4n) is 3.11. The van der Waals surface area contributed by atoms with Crippen LogP contribution in [0.5, 0.6) is 11.5 Å². The number of halogens is 1. The molecule has 0 aliphatic rings. The van der Waals surface area contributed by atoms with Gasteiger partial charge in [-0.15, -0.1) is 0 Å². The number of sulfonamides is 1. The quantitative estimate of drug-likeness (QED) is 0.282. The molecule has 0 radical (unpaired) electrons. The summed E-state index contributed by atoms with van der Waals surface area (Å²) in [5, 5.41) is 6.97. The third-order valence-corrected chi connectivity index (χ3v) is 6.30. The van der Waals surface area contributed by atoms with Crippen molar-refractivity contribution in [2.45, 2.75) is 0 Å². The largest absolute Gasteiger partial charge is 0.495 e. The van der Waals surface area contributed by atoms with Crippen molar-refractivity contribution < 1.29 is 27.5 Å². The summed E-state index contributed by atoms with van der Waals surface area (Å²) in [6.45, 7) is -0.697. The highest BCUT2D eigenvalue weighted by Gasteiger charge is 2.23. The zero-order chi connectivity index (χ0) is 26.8. The van der Waals surface area contributed by atoms with Crippen LogP contribution in [0.2, 0.25) is 5.02 Å². The van der Waals surface area contributed by atoms with E-state index in [0.717, 1.165) is 10.6 Å². The number of anilines is 2. The van der Waals surface area contributed by atoms with Crippen molar-refractivity contribution in [3.05, 3.63) is 83.4 Å². The normalized spacial score (nSPS) is 11.1. The van der Waals surface area contributed by atoms with Crippen LogP contribution in [-0.4, -0.2) is 53.0 Å². The highest BCUT2D eigenvalue weighted by Crippen LogP contribution is 2.29. The van der Waals surface area contributed by atoms with E-state index in [1.165, 1.54) is 13.3 Å². The fourth-order valence-corrected chi connectivity index (χ4v) is 4.15. The van der Waals surface area contributed by atoms with Gasteiger partial charge in [0.05, 0.1) is 36.0 Å². The van der Waals surface area contributed by atoms with E-state index in [2.05, 4.69) is 15.8 Å². The lowest BCUT2D eigenvalue weighted by Gasteiger charge is -2.23. The SMILES string of the molecule is COc1ccccc1N(CC(=O)NN=Cc1ccc(OCC(=O)Nc2ccccc2Cl)cc1)S(C)(=O)=O. The van der Waals surface area contributed by atoms with Gasteiger partial charge in [-0.25, -0.2) is 13.8 Å². The van der Waals surface area contributed by atoms with Crippen LogP contribution in [0.25, 0.3) is 0 Å². The molecule has 3 aromatic rings. The number of hydrazone groups is 1. The number of hydrogen-bond acceptors (Lipinski definition) is 7. The molecule has 0 aromatic heterocycles. The molecule has 0 unspecified atom stereocenters. The highest BCUT2D eigenvalue weighted by atomic mass is 35.5. The summed E-state index contributed by atoms with van der Waals surface area (Å²) in [7, 11) is -2.36. The standard InChI is InChI=1S/C25H25ClN4O6S/c1-35-23-10-6-5-9-22(23)30(37(2,33)34)16-24(31)29-27-15-18-11-13-19(14-12-18)36-17-25(32)28-21-8-4-3-7-20(21)26/h3-15H,16-17H2,1-2H3,(H,28,32)(H,29,31). The number of nitrogens with one attached hydrogen (secondary N) is 2. The van der Waals surface area contributed by atoms with Crippen LogP contribution in [-0.2, 0) is 19.6 Å². The van der Waals surface area contributed by atoms with Crippen molar-refractivity contribution >= 4 is 51.0 Å². The number of hydrogen-bond donors (Lipinski definition) is 2. The van der Waals surface area contributed by atoms with E-state index in [-0.39, 0.29) is 18.2 Å². The summed E-state index contributed by atoms with van der Waals surface area (Å²) in [4.78, 5) is 24.5. The van der Waals surface area contributed by atoms with Crippen molar-refractivity contribution in [1.82, 2.24) is 5.43 Å². The molecular weight excluding hydrogens is 520 g/mol. The van der Waals surface area contributed by atoms with Gasteiger partial charge in [-0.2, -0.15) is 5.10 Å². The number of para-hydroxylation sites is 3. The predicted octanol–water partition coefficient (Wildman–Crippen LogP) is 3.28. The van der Waals surface area contributed by atoms with E-state index < -0.39 is 22.5 Å². The number of carbonyl (C=O) groups is 2. The van der Waals surface area contributed by atoms with Gasteiger partial charge < -0.3 is 14.8 Å². The summed E-state index contributed by atoms with van der Waals surface area (Å²) in [6.07, 6.45) is 2.39. The van der Waals surface area contributed by atoms with Crippen LogP contribution in [0.15, 0.2) is 77.9 Å². The summed E-state index contributed by atoms with van der Waals surface area (Å²) in [5.41, 5.74) is 3.68. The zero-order valence-electron chi connectivity index (χ0n) is 20.0. The van der Waals surface area contributed by atoms with E-state index in [1.54, 1.807) is 72.8 Å². The zero-order valence-corrected chi connectivity index (χ0v) is 21.6. The first-order chi connectivity index (χ1) is 17.7. The van der Waals surface area contributed by atoms with Gasteiger partial charge in [0, 0.05) is 0 Å². The third-order valence-electron chi connectivity index (χ3n) is 4.84. The minimum Gasteiger partial charge on any atom is -0.495 e. The molecule has 0 heterocycles. The number of rotatable bonds is 11. The lowest BCUT2D eigenvalue weighted by atomic mass is 10.2. The molecule has 0 atom stereocenters. The summed E-state index contributed by atoms with van der Waals surface area (Å²) >= 11 is 6.02. The minimum atomic E-state index is -3.77. The molecule has 0 saturated heterocycles. The van der Waals surface area contributed by atoms with Crippen LogP contribution < -0.4 is 24.5 Å². The molecule has 0 aliphatic heterocycles. The highest BCUT2D eigenvalue weighted by molar-refractivity contribution is 7.92. The van der Waals surface area contributed by atoms with Gasteiger partial charge >= 0.3 is 0 Å². The Kier molecular flexibility index (Phi) is 9.47. The molecule has 3 rings (SSSR count). The van der Waals surface area contributed by atoms with Crippen molar-refractivity contribution in [3.63, 3.8) is 0 Å². The van der Waals surface area contributed by atoms with Crippen LogP contribution in [0, 0.1) is 0 Å². The minimum absolute atomic E-state index is 0.211. The Bertz CT molecular complexity index is 1380. The van der Waals surface area contributed by atoms with Crippen molar-refractivity contribution in [1.29, 1.82) is 0 Å². The maximum Gasteiger partial charge on any atom is 0.262 e. The monoisotopic (exact) mass is 544 g/mol. The van der Waals surface area contributed by atoms with Crippen LogP contribution in [0.4, 0.5) is 11.4 Å². The van der Waals surface area contributed by atoms with Crippen molar-refractivity contribution in [3.8, 4) is 11.5 Å². The van der Waals surface area contributed by atoms with Gasteiger partial charge in [0.1, 0.15) is 18.0 Å². The first kappa shape index (κ1) is 27.5. The summed E-state index contributed by atoms with van der Waals surface area (Å²) < 4.78 is 36.2. The van der Waals surface area contributed by atoms with Crippen LogP contribution in [0.1, 0.15) is 5.56 Å². The Labute approximate surface area is 219 Å². The lowest BCUT2D eigenvalue weighted by molar-refractivity contribution is -0.119. The maximum absolute atomic E-state index is 12.4. The average Bonchev–Trinajstić information content (AvgIpc) is 2.87. The maximum atomic E-state index is 12.4. The fraction of sp³-hybridized carbons (Fsp3) is 0.160. The molecule has 3 aromatic carbocycles. The molecule has 0 fully saturated rings. The molecule has 0 bridgehead atoms. The number of methoxy groups -OCH3 is 1. The van der Waals surface area contributed by atoms with Crippen molar-refractivity contribution in [2.24, 2.45) is 5.10 Å². The van der Waals surface area contributed by atoms with Gasteiger partial charge in [-0.1, -0.05) is 35.9 Å². The van der Waals surface area contributed by atoms with Crippen LogP contribution >= 0.6 is 11.6 Å². The van der Waals surface area contributed by atoms with E-state index in [4.69, 9.17) is 21.1 Å². The first-order valence-corrected chi connectivity index (χ1v) is 13.1. The number of carbonyl (C=O) groups excluding carboxylic acids is 2. The summed E-state index contributed by atoms with van der Waals surface area (Å²) in [6, 6.07) is 20.0. The van der Waals surface area contributed by atoms with Gasteiger partial charge in [0.15, 0.2) is 6.61 Å². The number of benzene rings is 3. The number of nitrogens with zero attached hydrogens (tertiary/aromatic N) is 2. The molecule has 2 N–H and O–H groups in total. The molecular formula is C25H25ClN4O6S. The topological polar surface area (TPSA) is 126 Å². The Morgan fingerprint density at radius 1 is 1.00 bits per heavy atom. The van der Waals surface area contributed by atoms with Crippen molar-refractivity contribution in [2.75, 3.05) is 36.1 Å². The Hall–Kier alpha value is -4.09. The van der Waals surface area contributed by atoms with Crippen LogP contribution in [0.3, 0.4) is 0 Å². The second kappa shape index (κ2) is 12.7. The molecule has 12 heteroatoms. The van der Waals surface area contributed by atoms with E-state index in [1.807, 2.05) is 0 Å². The van der Waals surface area contributed by atoms with Gasteiger partial charge in [0.2, 0.25) is 10.0 Å². The third kappa shape index (κ3) is 8.23. The number of ether oxygens (including phenoxy) is 2. The Morgan fingerprint density at radius 2 is 1.68 bits per heavy atom. The van der Waals surface area contributed by atoms with E-state index >= 15 is 0 Å². The molecule has 194 valence electrons. The number of amides is 2. The molecule has 2 amide bonds. The Balaban J connectivity index is 1.52. The van der Waals surface area contributed by atoms with E-state index in [0.29, 0.717) is 27.8 Å². The van der Waals surface area contributed by atoms with E-state index in [9.17, 15) is 18.0 Å². The molecule has 37 heavy (non-hydrogen) atoms. The molecule has 0 spiro atoms. The molecule has 0 saturated carbocycles.